The average molecular weight is 161 g/mol. The molecule has 2 heteroatoms. The molecule has 0 saturated heterocycles. The van der Waals surface area contributed by atoms with Crippen LogP contribution in [-0.2, 0) is 0 Å². The zero-order valence-electron chi connectivity index (χ0n) is 7.14. The SMILES string of the molecule is CCCN(CCC)CCS. The Morgan fingerprint density at radius 2 is 1.50 bits per heavy atom. The predicted molar refractivity (Wildman–Crippen MR) is 50.9 cm³/mol. The molecular weight excluding hydrogens is 142 g/mol. The lowest BCUT2D eigenvalue weighted by molar-refractivity contribution is 0.292. The molecule has 0 aliphatic carbocycles. The maximum Gasteiger partial charge on any atom is 0.00698 e. The molecule has 0 saturated carbocycles. The van der Waals surface area contributed by atoms with Gasteiger partial charge in [0.05, 0.1) is 0 Å². The zero-order chi connectivity index (χ0) is 7.82. The summed E-state index contributed by atoms with van der Waals surface area (Å²) < 4.78 is 0. The Bertz CT molecular complexity index is 52.0. The van der Waals surface area contributed by atoms with E-state index < -0.39 is 0 Å². The molecule has 0 bridgehead atoms. The van der Waals surface area contributed by atoms with Crippen molar-refractivity contribution in [2.24, 2.45) is 0 Å². The lowest BCUT2D eigenvalue weighted by atomic mass is 10.3. The molecule has 0 N–H and O–H groups in total. The van der Waals surface area contributed by atoms with Crippen LogP contribution < -0.4 is 0 Å². The summed E-state index contributed by atoms with van der Waals surface area (Å²) >= 11 is 4.20. The first kappa shape index (κ1) is 10.3. The summed E-state index contributed by atoms with van der Waals surface area (Å²) in [4.78, 5) is 2.47. The molecule has 0 amide bonds. The predicted octanol–water partition coefficient (Wildman–Crippen LogP) is 2.04. The third kappa shape index (κ3) is 5.12. The van der Waals surface area contributed by atoms with Crippen LogP contribution in [0.5, 0.6) is 0 Å². The van der Waals surface area contributed by atoms with Gasteiger partial charge in [0.15, 0.2) is 0 Å². The molecule has 0 unspecified atom stereocenters. The Morgan fingerprint density at radius 3 is 1.80 bits per heavy atom. The molecule has 0 radical (unpaired) electrons. The molecule has 0 spiro atoms. The van der Waals surface area contributed by atoms with Gasteiger partial charge >= 0.3 is 0 Å². The van der Waals surface area contributed by atoms with Gasteiger partial charge in [-0.05, 0) is 25.9 Å². The van der Waals surface area contributed by atoms with Crippen molar-refractivity contribution in [3.63, 3.8) is 0 Å². The molecule has 0 aliphatic rings. The minimum Gasteiger partial charge on any atom is -0.303 e. The van der Waals surface area contributed by atoms with E-state index in [-0.39, 0.29) is 0 Å². The quantitative estimate of drug-likeness (QED) is 0.583. The Hall–Kier alpha value is 0.310. The van der Waals surface area contributed by atoms with Crippen LogP contribution in [0, 0.1) is 0 Å². The molecule has 62 valence electrons. The van der Waals surface area contributed by atoms with Gasteiger partial charge in [-0.3, -0.25) is 0 Å². The Morgan fingerprint density at radius 1 is 1.00 bits per heavy atom. The first-order valence-electron chi connectivity index (χ1n) is 4.18. The second-order valence-corrected chi connectivity index (χ2v) is 3.01. The number of thiol groups is 1. The van der Waals surface area contributed by atoms with Gasteiger partial charge in [-0.1, -0.05) is 13.8 Å². The van der Waals surface area contributed by atoms with Crippen molar-refractivity contribution in [2.75, 3.05) is 25.4 Å². The van der Waals surface area contributed by atoms with E-state index >= 15 is 0 Å². The van der Waals surface area contributed by atoms with Crippen molar-refractivity contribution in [3.05, 3.63) is 0 Å². The van der Waals surface area contributed by atoms with Gasteiger partial charge in [0.1, 0.15) is 0 Å². The van der Waals surface area contributed by atoms with Crippen molar-refractivity contribution in [1.82, 2.24) is 4.90 Å². The standard InChI is InChI=1S/C8H19NS/c1-3-5-9(6-4-2)7-8-10/h10H,3-8H2,1-2H3. The van der Waals surface area contributed by atoms with Crippen LogP contribution in [0.3, 0.4) is 0 Å². The molecule has 0 aromatic rings. The Labute approximate surface area is 70.2 Å². The Kier molecular flexibility index (Phi) is 7.65. The van der Waals surface area contributed by atoms with Gasteiger partial charge in [-0.2, -0.15) is 12.6 Å². The van der Waals surface area contributed by atoms with E-state index in [1.54, 1.807) is 0 Å². The van der Waals surface area contributed by atoms with E-state index in [0.717, 1.165) is 12.3 Å². The first-order valence-corrected chi connectivity index (χ1v) is 4.81. The van der Waals surface area contributed by atoms with E-state index in [1.807, 2.05) is 0 Å². The van der Waals surface area contributed by atoms with Crippen molar-refractivity contribution in [1.29, 1.82) is 0 Å². The van der Waals surface area contributed by atoms with E-state index in [1.165, 1.54) is 25.9 Å². The second kappa shape index (κ2) is 7.42. The normalized spacial score (nSPS) is 10.8. The van der Waals surface area contributed by atoms with Crippen LogP contribution in [0.15, 0.2) is 0 Å². The van der Waals surface area contributed by atoms with Crippen LogP contribution >= 0.6 is 12.6 Å². The van der Waals surface area contributed by atoms with Gasteiger partial charge in [-0.25, -0.2) is 0 Å². The van der Waals surface area contributed by atoms with Crippen molar-refractivity contribution in [2.45, 2.75) is 26.7 Å². The van der Waals surface area contributed by atoms with Crippen molar-refractivity contribution < 1.29 is 0 Å². The highest BCUT2D eigenvalue weighted by Crippen LogP contribution is 1.93. The largest absolute Gasteiger partial charge is 0.303 e. The average Bonchev–Trinajstić information content (AvgIpc) is 1.90. The van der Waals surface area contributed by atoms with Crippen molar-refractivity contribution in [3.8, 4) is 0 Å². The molecule has 0 fully saturated rings. The molecule has 0 aromatic heterocycles. The lowest BCUT2D eigenvalue weighted by Crippen LogP contribution is -2.27. The van der Waals surface area contributed by atoms with Crippen LogP contribution in [0.1, 0.15) is 26.7 Å². The highest BCUT2D eigenvalue weighted by molar-refractivity contribution is 7.80. The number of hydrogen-bond acceptors (Lipinski definition) is 2. The van der Waals surface area contributed by atoms with Crippen LogP contribution in [0.25, 0.3) is 0 Å². The van der Waals surface area contributed by atoms with Gasteiger partial charge in [0.25, 0.3) is 0 Å². The molecule has 10 heavy (non-hydrogen) atoms. The van der Waals surface area contributed by atoms with Crippen LogP contribution in [0.2, 0.25) is 0 Å². The fourth-order valence-corrected chi connectivity index (χ4v) is 1.39. The monoisotopic (exact) mass is 161 g/mol. The molecule has 0 aliphatic heterocycles. The van der Waals surface area contributed by atoms with Crippen LogP contribution in [-0.4, -0.2) is 30.3 Å². The summed E-state index contributed by atoms with van der Waals surface area (Å²) in [6, 6.07) is 0. The lowest BCUT2D eigenvalue weighted by Gasteiger charge is -2.19. The van der Waals surface area contributed by atoms with E-state index in [2.05, 4.69) is 31.4 Å². The summed E-state index contributed by atoms with van der Waals surface area (Å²) in [5.74, 6) is 0.986. The molecule has 1 nitrogen and oxygen atoms in total. The summed E-state index contributed by atoms with van der Waals surface area (Å²) in [5, 5.41) is 0. The molecule has 0 heterocycles. The van der Waals surface area contributed by atoms with Crippen molar-refractivity contribution >= 4 is 12.6 Å². The van der Waals surface area contributed by atoms with E-state index in [9.17, 15) is 0 Å². The van der Waals surface area contributed by atoms with Gasteiger partial charge in [-0.15, -0.1) is 0 Å². The van der Waals surface area contributed by atoms with Gasteiger partial charge in [0.2, 0.25) is 0 Å². The fourth-order valence-electron chi connectivity index (χ4n) is 1.11. The third-order valence-electron chi connectivity index (χ3n) is 1.50. The summed E-state index contributed by atoms with van der Waals surface area (Å²) in [7, 11) is 0. The first-order chi connectivity index (χ1) is 4.85. The molecular formula is C8H19NS. The maximum atomic E-state index is 4.20. The zero-order valence-corrected chi connectivity index (χ0v) is 8.03. The number of rotatable bonds is 6. The number of hydrogen-bond donors (Lipinski definition) is 1. The summed E-state index contributed by atoms with van der Waals surface area (Å²) in [6.45, 7) is 8.05. The minimum absolute atomic E-state index is 0.986. The van der Waals surface area contributed by atoms with E-state index in [4.69, 9.17) is 0 Å². The second-order valence-electron chi connectivity index (χ2n) is 2.57. The maximum absolute atomic E-state index is 4.20. The smallest absolute Gasteiger partial charge is 0.00698 e. The molecule has 0 aromatic carbocycles. The topological polar surface area (TPSA) is 3.24 Å². The molecule has 0 rings (SSSR count). The highest BCUT2D eigenvalue weighted by Gasteiger charge is 1.98. The summed E-state index contributed by atoms with van der Waals surface area (Å²) in [6.07, 6.45) is 2.52. The van der Waals surface area contributed by atoms with Gasteiger partial charge in [0, 0.05) is 12.3 Å². The minimum atomic E-state index is 0.986. The molecule has 0 atom stereocenters. The number of nitrogens with zero attached hydrogens (tertiary/aromatic N) is 1. The third-order valence-corrected chi connectivity index (χ3v) is 1.70. The Balaban J connectivity index is 3.30. The highest BCUT2D eigenvalue weighted by atomic mass is 32.1. The van der Waals surface area contributed by atoms with Gasteiger partial charge < -0.3 is 4.90 Å². The van der Waals surface area contributed by atoms with E-state index in [0.29, 0.717) is 0 Å². The van der Waals surface area contributed by atoms with Crippen LogP contribution in [0.4, 0.5) is 0 Å². The summed E-state index contributed by atoms with van der Waals surface area (Å²) in [5.41, 5.74) is 0. The fraction of sp³-hybridized carbons (Fsp3) is 1.00.